The Balaban J connectivity index is 2.45. The normalized spacial score (nSPS) is 22.7. The summed E-state index contributed by atoms with van der Waals surface area (Å²) < 4.78 is 10.7. The van der Waals surface area contributed by atoms with Crippen LogP contribution in [0.5, 0.6) is 0 Å². The van der Waals surface area contributed by atoms with Crippen molar-refractivity contribution in [2.45, 2.75) is 32.5 Å². The minimum atomic E-state index is -0.431. The first-order valence-electron chi connectivity index (χ1n) is 5.08. The Labute approximate surface area is 99.0 Å². The Bertz CT molecular complexity index is 227. The zero-order chi connectivity index (χ0) is 11.5. The van der Waals surface area contributed by atoms with Gasteiger partial charge in [0.15, 0.2) is 0 Å². The van der Waals surface area contributed by atoms with Crippen molar-refractivity contribution in [2.24, 2.45) is 0 Å². The van der Waals surface area contributed by atoms with Crippen molar-refractivity contribution in [3.05, 3.63) is 0 Å². The van der Waals surface area contributed by atoms with Crippen LogP contribution >= 0.6 is 15.9 Å². The molecule has 1 aliphatic heterocycles. The third kappa shape index (κ3) is 4.38. The molecule has 1 atom stereocenters. The Morgan fingerprint density at radius 1 is 1.60 bits per heavy atom. The standard InChI is InChI=1S/C10H18BrNO3/c1-10(2,3)15-9(13)12-4-5-14-8(6-11)7-12/h8H,4-7H2,1-3H3. The quantitative estimate of drug-likeness (QED) is 0.690. The highest BCUT2D eigenvalue weighted by Crippen LogP contribution is 2.13. The predicted octanol–water partition coefficient (Wildman–Crippen LogP) is 2.02. The number of hydrogen-bond donors (Lipinski definition) is 0. The van der Waals surface area contributed by atoms with Gasteiger partial charge >= 0.3 is 6.09 Å². The molecule has 5 heteroatoms. The number of nitrogens with zero attached hydrogens (tertiary/aromatic N) is 1. The average molecular weight is 280 g/mol. The van der Waals surface area contributed by atoms with Crippen LogP contribution in [-0.4, -0.2) is 47.7 Å². The summed E-state index contributed by atoms with van der Waals surface area (Å²) in [6.07, 6.45) is -0.178. The molecular weight excluding hydrogens is 262 g/mol. The minimum absolute atomic E-state index is 0.0752. The molecule has 1 amide bonds. The third-order valence-corrected chi connectivity index (χ3v) is 2.68. The number of morpholine rings is 1. The number of amides is 1. The van der Waals surface area contributed by atoms with Gasteiger partial charge in [-0.05, 0) is 20.8 Å². The van der Waals surface area contributed by atoms with Gasteiger partial charge in [0, 0.05) is 11.9 Å². The van der Waals surface area contributed by atoms with E-state index in [1.807, 2.05) is 20.8 Å². The fraction of sp³-hybridized carbons (Fsp3) is 0.900. The Morgan fingerprint density at radius 2 is 2.27 bits per heavy atom. The van der Waals surface area contributed by atoms with Crippen molar-refractivity contribution in [1.29, 1.82) is 0 Å². The summed E-state index contributed by atoms with van der Waals surface area (Å²) in [7, 11) is 0. The van der Waals surface area contributed by atoms with E-state index in [4.69, 9.17) is 9.47 Å². The first-order valence-corrected chi connectivity index (χ1v) is 6.20. The maximum atomic E-state index is 11.7. The van der Waals surface area contributed by atoms with E-state index < -0.39 is 5.60 Å². The molecule has 1 unspecified atom stereocenters. The van der Waals surface area contributed by atoms with E-state index in [0.717, 1.165) is 5.33 Å². The first kappa shape index (κ1) is 12.8. The molecule has 0 aromatic rings. The van der Waals surface area contributed by atoms with Crippen LogP contribution in [-0.2, 0) is 9.47 Å². The van der Waals surface area contributed by atoms with E-state index in [0.29, 0.717) is 19.7 Å². The zero-order valence-electron chi connectivity index (χ0n) is 9.46. The van der Waals surface area contributed by atoms with Gasteiger partial charge in [0.1, 0.15) is 5.60 Å². The molecule has 0 aromatic heterocycles. The molecule has 0 N–H and O–H groups in total. The summed E-state index contributed by atoms with van der Waals surface area (Å²) in [5, 5.41) is 0.742. The largest absolute Gasteiger partial charge is 0.444 e. The van der Waals surface area contributed by atoms with Gasteiger partial charge in [-0.25, -0.2) is 4.79 Å². The fourth-order valence-electron chi connectivity index (χ4n) is 1.31. The van der Waals surface area contributed by atoms with Crippen LogP contribution in [0.15, 0.2) is 0 Å². The van der Waals surface area contributed by atoms with Gasteiger partial charge in [0.2, 0.25) is 0 Å². The summed E-state index contributed by atoms with van der Waals surface area (Å²) in [5.74, 6) is 0. The monoisotopic (exact) mass is 279 g/mol. The second-order valence-electron chi connectivity index (χ2n) is 4.57. The molecule has 1 heterocycles. The van der Waals surface area contributed by atoms with Crippen LogP contribution in [0, 0.1) is 0 Å². The lowest BCUT2D eigenvalue weighted by Gasteiger charge is -2.33. The topological polar surface area (TPSA) is 38.8 Å². The van der Waals surface area contributed by atoms with E-state index in [2.05, 4.69) is 15.9 Å². The molecule has 0 saturated carbocycles. The molecule has 1 aliphatic rings. The van der Waals surface area contributed by atoms with Crippen LogP contribution in [0.2, 0.25) is 0 Å². The lowest BCUT2D eigenvalue weighted by molar-refractivity contribution is -0.0334. The lowest BCUT2D eigenvalue weighted by atomic mass is 10.2. The Kier molecular flexibility index (Phi) is 4.40. The number of alkyl halides is 1. The van der Waals surface area contributed by atoms with Crippen LogP contribution in [0.25, 0.3) is 0 Å². The molecule has 0 bridgehead atoms. The smallest absolute Gasteiger partial charge is 0.410 e. The molecule has 0 aliphatic carbocycles. The SMILES string of the molecule is CC(C)(C)OC(=O)N1CCOC(CBr)C1. The lowest BCUT2D eigenvalue weighted by Crippen LogP contribution is -2.47. The van der Waals surface area contributed by atoms with Gasteiger partial charge in [-0.1, -0.05) is 15.9 Å². The maximum Gasteiger partial charge on any atom is 0.410 e. The number of hydrogen-bond acceptors (Lipinski definition) is 3. The minimum Gasteiger partial charge on any atom is -0.444 e. The van der Waals surface area contributed by atoms with Crippen molar-refractivity contribution in [3.8, 4) is 0 Å². The predicted molar refractivity (Wildman–Crippen MR) is 61.3 cm³/mol. The van der Waals surface area contributed by atoms with Gasteiger partial charge in [-0.2, -0.15) is 0 Å². The van der Waals surface area contributed by atoms with Crippen LogP contribution < -0.4 is 0 Å². The van der Waals surface area contributed by atoms with Gasteiger partial charge in [-0.3, -0.25) is 0 Å². The van der Waals surface area contributed by atoms with Gasteiger partial charge < -0.3 is 14.4 Å². The molecule has 0 aromatic carbocycles. The van der Waals surface area contributed by atoms with Gasteiger partial charge in [0.25, 0.3) is 0 Å². The van der Waals surface area contributed by atoms with Crippen molar-refractivity contribution < 1.29 is 14.3 Å². The van der Waals surface area contributed by atoms with E-state index in [9.17, 15) is 4.79 Å². The summed E-state index contributed by atoms with van der Waals surface area (Å²) in [4.78, 5) is 13.4. The molecule has 1 saturated heterocycles. The summed E-state index contributed by atoms with van der Waals surface area (Å²) in [5.41, 5.74) is -0.431. The zero-order valence-corrected chi connectivity index (χ0v) is 11.0. The van der Waals surface area contributed by atoms with Gasteiger partial charge in [0.05, 0.1) is 19.3 Å². The van der Waals surface area contributed by atoms with E-state index in [1.165, 1.54) is 0 Å². The van der Waals surface area contributed by atoms with Crippen molar-refractivity contribution in [2.75, 3.05) is 25.0 Å². The molecule has 15 heavy (non-hydrogen) atoms. The number of ether oxygens (including phenoxy) is 2. The molecule has 1 rings (SSSR count). The number of carbonyl (C=O) groups is 1. The Morgan fingerprint density at radius 3 is 2.80 bits per heavy atom. The average Bonchev–Trinajstić information content (AvgIpc) is 2.15. The molecule has 1 fully saturated rings. The fourth-order valence-corrected chi connectivity index (χ4v) is 1.70. The van der Waals surface area contributed by atoms with Crippen molar-refractivity contribution in [1.82, 2.24) is 4.90 Å². The molecule has 88 valence electrons. The Hall–Kier alpha value is -0.290. The summed E-state index contributed by atoms with van der Waals surface area (Å²) in [6.45, 7) is 7.39. The molecule has 0 radical (unpaired) electrons. The number of rotatable bonds is 1. The highest BCUT2D eigenvalue weighted by molar-refractivity contribution is 9.09. The highest BCUT2D eigenvalue weighted by atomic mass is 79.9. The van der Waals surface area contributed by atoms with Gasteiger partial charge in [-0.15, -0.1) is 0 Å². The second-order valence-corrected chi connectivity index (χ2v) is 5.22. The van der Waals surface area contributed by atoms with E-state index >= 15 is 0 Å². The van der Waals surface area contributed by atoms with Crippen LogP contribution in [0.4, 0.5) is 4.79 Å². The van der Waals surface area contributed by atoms with Crippen LogP contribution in [0.3, 0.4) is 0 Å². The van der Waals surface area contributed by atoms with Crippen LogP contribution in [0.1, 0.15) is 20.8 Å². The maximum absolute atomic E-state index is 11.7. The van der Waals surface area contributed by atoms with E-state index in [1.54, 1.807) is 4.90 Å². The highest BCUT2D eigenvalue weighted by Gasteiger charge is 2.27. The third-order valence-electron chi connectivity index (χ3n) is 1.96. The van der Waals surface area contributed by atoms with Crippen molar-refractivity contribution >= 4 is 22.0 Å². The number of carbonyl (C=O) groups excluding carboxylic acids is 1. The molecule has 0 spiro atoms. The molecular formula is C10H18BrNO3. The second kappa shape index (κ2) is 5.16. The summed E-state index contributed by atoms with van der Waals surface area (Å²) >= 11 is 3.35. The van der Waals surface area contributed by atoms with Crippen molar-refractivity contribution in [3.63, 3.8) is 0 Å². The summed E-state index contributed by atoms with van der Waals surface area (Å²) in [6, 6.07) is 0. The van der Waals surface area contributed by atoms with E-state index in [-0.39, 0.29) is 12.2 Å². The molecule has 4 nitrogen and oxygen atoms in total. The first-order chi connectivity index (χ1) is 6.92. The number of halogens is 1.